The van der Waals surface area contributed by atoms with Crippen LogP contribution in [0.3, 0.4) is 0 Å². The molecule has 2 fully saturated rings. The van der Waals surface area contributed by atoms with Crippen LogP contribution in [0.2, 0.25) is 0 Å². The molecule has 0 amide bonds. The van der Waals surface area contributed by atoms with Crippen LogP contribution in [0.1, 0.15) is 0 Å². The molecule has 2 aliphatic heterocycles. The van der Waals surface area contributed by atoms with E-state index in [1.54, 1.807) is 16.9 Å². The second-order valence-corrected chi connectivity index (χ2v) is 8.26. The van der Waals surface area contributed by atoms with Crippen LogP contribution in [0.5, 0.6) is 0 Å². The SMILES string of the molecule is Fc1cccc(-c2ccn(-c3nc(N4CCOCC4)c4ncc(N5CCOCC5)cc4n3)n2)c1. The number of anilines is 2. The fourth-order valence-corrected chi connectivity index (χ4v) is 4.31. The van der Waals surface area contributed by atoms with E-state index in [1.807, 2.05) is 18.3 Å². The Hall–Kier alpha value is -3.63. The minimum atomic E-state index is -0.301. The Morgan fingerprint density at radius 3 is 2.38 bits per heavy atom. The van der Waals surface area contributed by atoms with E-state index >= 15 is 0 Å². The second-order valence-electron chi connectivity index (χ2n) is 8.26. The highest BCUT2D eigenvalue weighted by Gasteiger charge is 2.21. The molecule has 2 aliphatic rings. The first-order valence-electron chi connectivity index (χ1n) is 11.4. The number of pyridine rings is 1. The number of halogens is 1. The molecule has 0 bridgehead atoms. The predicted octanol–water partition coefficient (Wildman–Crippen LogP) is 2.69. The molecule has 4 aromatic rings. The fourth-order valence-electron chi connectivity index (χ4n) is 4.31. The van der Waals surface area contributed by atoms with Crippen LogP contribution < -0.4 is 9.80 Å². The number of benzene rings is 1. The van der Waals surface area contributed by atoms with Crippen molar-refractivity contribution in [2.75, 3.05) is 62.4 Å². The first-order chi connectivity index (χ1) is 16.7. The van der Waals surface area contributed by atoms with Gasteiger partial charge < -0.3 is 19.3 Å². The lowest BCUT2D eigenvalue weighted by Gasteiger charge is -2.30. The lowest BCUT2D eigenvalue weighted by Crippen LogP contribution is -2.37. The van der Waals surface area contributed by atoms with Crippen LogP contribution in [0.15, 0.2) is 48.8 Å². The molecule has 5 heterocycles. The van der Waals surface area contributed by atoms with Gasteiger partial charge in [0.15, 0.2) is 5.82 Å². The molecule has 174 valence electrons. The molecule has 3 aromatic heterocycles. The number of rotatable bonds is 4. The highest BCUT2D eigenvalue weighted by Crippen LogP contribution is 2.28. The summed E-state index contributed by atoms with van der Waals surface area (Å²) in [6.07, 6.45) is 3.68. The lowest BCUT2D eigenvalue weighted by molar-refractivity contribution is 0.122. The molecule has 0 saturated carbocycles. The van der Waals surface area contributed by atoms with E-state index < -0.39 is 0 Å². The van der Waals surface area contributed by atoms with Crippen molar-refractivity contribution in [1.29, 1.82) is 0 Å². The number of ether oxygens (including phenoxy) is 2. The predicted molar refractivity (Wildman–Crippen MR) is 126 cm³/mol. The molecule has 9 nitrogen and oxygen atoms in total. The molecule has 2 saturated heterocycles. The van der Waals surface area contributed by atoms with Gasteiger partial charge in [-0.05, 0) is 24.3 Å². The van der Waals surface area contributed by atoms with E-state index in [1.165, 1.54) is 12.1 Å². The van der Waals surface area contributed by atoms with Crippen LogP contribution in [0.4, 0.5) is 15.9 Å². The molecule has 34 heavy (non-hydrogen) atoms. The molecule has 0 unspecified atom stereocenters. The van der Waals surface area contributed by atoms with Gasteiger partial charge in [0.1, 0.15) is 11.3 Å². The number of hydrogen-bond acceptors (Lipinski definition) is 8. The summed E-state index contributed by atoms with van der Waals surface area (Å²) in [5.41, 5.74) is 3.85. The Labute approximate surface area is 195 Å². The normalized spacial score (nSPS) is 16.9. The maximum atomic E-state index is 13.7. The molecule has 0 radical (unpaired) electrons. The van der Waals surface area contributed by atoms with Crippen LogP contribution in [0, 0.1) is 5.82 Å². The first kappa shape index (κ1) is 20.9. The molecule has 0 N–H and O–H groups in total. The second kappa shape index (κ2) is 8.96. The lowest BCUT2D eigenvalue weighted by atomic mass is 10.1. The van der Waals surface area contributed by atoms with Crippen molar-refractivity contribution < 1.29 is 13.9 Å². The Balaban J connectivity index is 1.44. The van der Waals surface area contributed by atoms with Crippen molar-refractivity contribution in [3.05, 3.63) is 54.6 Å². The summed E-state index contributed by atoms with van der Waals surface area (Å²) in [4.78, 5) is 18.9. The van der Waals surface area contributed by atoms with Gasteiger partial charge in [-0.2, -0.15) is 10.1 Å². The third-order valence-corrected chi connectivity index (χ3v) is 6.09. The van der Waals surface area contributed by atoms with Crippen LogP contribution in [-0.2, 0) is 9.47 Å². The van der Waals surface area contributed by atoms with Crippen LogP contribution >= 0.6 is 0 Å². The van der Waals surface area contributed by atoms with Gasteiger partial charge in [-0.3, -0.25) is 0 Å². The van der Waals surface area contributed by atoms with Crippen molar-refractivity contribution in [2.24, 2.45) is 0 Å². The van der Waals surface area contributed by atoms with Crippen LogP contribution in [0.25, 0.3) is 28.2 Å². The summed E-state index contributed by atoms with van der Waals surface area (Å²) < 4.78 is 26.4. The largest absolute Gasteiger partial charge is 0.378 e. The minimum Gasteiger partial charge on any atom is -0.378 e. The molecule has 0 spiro atoms. The Morgan fingerprint density at radius 2 is 1.62 bits per heavy atom. The van der Waals surface area contributed by atoms with E-state index in [4.69, 9.17) is 24.4 Å². The van der Waals surface area contributed by atoms with Crippen molar-refractivity contribution in [2.45, 2.75) is 0 Å². The summed E-state index contributed by atoms with van der Waals surface area (Å²) >= 11 is 0. The van der Waals surface area contributed by atoms with Crippen molar-refractivity contribution in [1.82, 2.24) is 24.7 Å². The third kappa shape index (κ3) is 4.06. The maximum absolute atomic E-state index is 13.7. The average molecular weight is 462 g/mol. The third-order valence-electron chi connectivity index (χ3n) is 6.09. The smallest absolute Gasteiger partial charge is 0.253 e. The highest BCUT2D eigenvalue weighted by atomic mass is 19.1. The monoisotopic (exact) mass is 461 g/mol. The van der Waals surface area contributed by atoms with Gasteiger partial charge in [0.25, 0.3) is 5.95 Å². The number of fused-ring (bicyclic) bond motifs is 1. The minimum absolute atomic E-state index is 0.301. The summed E-state index contributed by atoms with van der Waals surface area (Å²) in [6, 6.07) is 10.3. The van der Waals surface area contributed by atoms with E-state index in [9.17, 15) is 4.39 Å². The highest BCUT2D eigenvalue weighted by molar-refractivity contribution is 5.88. The van der Waals surface area contributed by atoms with Gasteiger partial charge in [-0.25, -0.2) is 19.0 Å². The molecular formula is C24H24FN7O2. The zero-order valence-corrected chi connectivity index (χ0v) is 18.6. The molecule has 6 rings (SSSR count). The van der Waals surface area contributed by atoms with Gasteiger partial charge in [0.05, 0.1) is 49.5 Å². The van der Waals surface area contributed by atoms with E-state index in [2.05, 4.69) is 21.0 Å². The Bertz CT molecular complexity index is 1320. The van der Waals surface area contributed by atoms with E-state index in [0.29, 0.717) is 43.6 Å². The Kier molecular flexibility index (Phi) is 5.52. The fraction of sp³-hybridized carbons (Fsp3) is 0.333. The molecule has 1 aromatic carbocycles. The standard InChI is InChI=1S/C24H24FN7O2/c25-18-3-1-2-17(14-18)20-4-5-32(29-20)24-27-21-15-19(30-6-10-33-11-7-30)16-26-22(21)23(28-24)31-8-12-34-13-9-31/h1-5,14-16H,6-13H2. The number of hydrogen-bond donors (Lipinski definition) is 0. The van der Waals surface area contributed by atoms with Crippen LogP contribution in [-0.4, -0.2) is 77.3 Å². The number of aromatic nitrogens is 5. The van der Waals surface area contributed by atoms with E-state index in [0.717, 1.165) is 48.7 Å². The van der Waals surface area contributed by atoms with Gasteiger partial charge in [0, 0.05) is 37.9 Å². The van der Waals surface area contributed by atoms with E-state index in [-0.39, 0.29) is 5.82 Å². The topological polar surface area (TPSA) is 81.4 Å². The van der Waals surface area contributed by atoms with Crippen molar-refractivity contribution >= 4 is 22.5 Å². The van der Waals surface area contributed by atoms with Crippen molar-refractivity contribution in [3.63, 3.8) is 0 Å². The number of nitrogens with zero attached hydrogens (tertiary/aromatic N) is 7. The van der Waals surface area contributed by atoms with Gasteiger partial charge >= 0.3 is 0 Å². The quantitative estimate of drug-likeness (QED) is 0.459. The molecular weight excluding hydrogens is 437 g/mol. The van der Waals surface area contributed by atoms with Gasteiger partial charge in [-0.1, -0.05) is 12.1 Å². The first-order valence-corrected chi connectivity index (χ1v) is 11.4. The summed E-state index contributed by atoms with van der Waals surface area (Å²) in [7, 11) is 0. The van der Waals surface area contributed by atoms with Gasteiger partial charge in [-0.15, -0.1) is 0 Å². The average Bonchev–Trinajstić information content (AvgIpc) is 3.39. The maximum Gasteiger partial charge on any atom is 0.253 e. The Morgan fingerprint density at radius 1 is 0.853 bits per heavy atom. The molecule has 10 heteroatoms. The summed E-state index contributed by atoms with van der Waals surface area (Å²) in [6.45, 7) is 5.76. The zero-order chi connectivity index (χ0) is 22.9. The number of morpholine rings is 2. The zero-order valence-electron chi connectivity index (χ0n) is 18.6. The van der Waals surface area contributed by atoms with Gasteiger partial charge in [0.2, 0.25) is 0 Å². The summed E-state index contributed by atoms with van der Waals surface area (Å²) in [5, 5.41) is 4.63. The molecule has 0 aliphatic carbocycles. The van der Waals surface area contributed by atoms with Crippen molar-refractivity contribution in [3.8, 4) is 17.2 Å². The summed E-state index contributed by atoms with van der Waals surface area (Å²) in [5.74, 6) is 0.905. The molecule has 0 atom stereocenters.